The molecule has 2 N–H and O–H groups in total. The van der Waals surface area contributed by atoms with Gasteiger partial charge in [0.05, 0.1) is 17.6 Å². The van der Waals surface area contributed by atoms with Gasteiger partial charge in [0.15, 0.2) is 0 Å². The third-order valence-electron chi connectivity index (χ3n) is 2.26. The molecule has 0 fully saturated rings. The van der Waals surface area contributed by atoms with E-state index in [0.29, 0.717) is 19.6 Å². The Hall–Kier alpha value is -0.920. The van der Waals surface area contributed by atoms with E-state index >= 15 is 0 Å². The maximum Gasteiger partial charge on any atom is 0.208 e. The van der Waals surface area contributed by atoms with Crippen LogP contribution in [-0.2, 0) is 23.1 Å². The molecule has 0 bridgehead atoms. The van der Waals surface area contributed by atoms with E-state index in [1.165, 1.54) is 0 Å². The lowest BCUT2D eigenvalue weighted by Gasteiger charge is -2.06. The third-order valence-corrected chi connectivity index (χ3v) is 2.99. The van der Waals surface area contributed by atoms with Crippen molar-refractivity contribution in [3.63, 3.8) is 0 Å². The van der Waals surface area contributed by atoms with Gasteiger partial charge < -0.3 is 5.32 Å². The number of nitrogens with zero attached hydrogens (tertiary/aromatic N) is 2. The van der Waals surface area contributed by atoms with Gasteiger partial charge in [0.2, 0.25) is 10.0 Å². The first kappa shape index (κ1) is 14.1. The SMILES string of the molecule is CCn1nc(C)cc1CNCCNS(C)(=O)=O. The van der Waals surface area contributed by atoms with Crippen molar-refractivity contribution in [1.82, 2.24) is 19.8 Å². The van der Waals surface area contributed by atoms with Gasteiger partial charge in [0, 0.05) is 26.2 Å². The highest BCUT2D eigenvalue weighted by Crippen LogP contribution is 2.02. The van der Waals surface area contributed by atoms with Gasteiger partial charge in [-0.3, -0.25) is 4.68 Å². The summed E-state index contributed by atoms with van der Waals surface area (Å²) in [6, 6.07) is 2.03. The molecule has 0 radical (unpaired) electrons. The van der Waals surface area contributed by atoms with Gasteiger partial charge in [0.25, 0.3) is 0 Å². The van der Waals surface area contributed by atoms with Gasteiger partial charge in [-0.2, -0.15) is 5.10 Å². The molecule has 0 saturated carbocycles. The summed E-state index contributed by atoms with van der Waals surface area (Å²) < 4.78 is 26.0. The molecule has 0 amide bonds. The molecule has 0 spiro atoms. The van der Waals surface area contributed by atoms with Crippen molar-refractivity contribution in [3.05, 3.63) is 17.5 Å². The quantitative estimate of drug-likeness (QED) is 0.669. The summed E-state index contributed by atoms with van der Waals surface area (Å²) in [5, 5.41) is 7.51. The Kier molecular flexibility index (Phi) is 5.10. The standard InChI is InChI=1S/C10H20N4O2S/c1-4-14-10(7-9(2)13-14)8-11-5-6-12-17(3,15)16/h7,11-12H,4-6,8H2,1-3H3. The predicted octanol–water partition coefficient (Wildman–Crippen LogP) is -0.150. The molecule has 0 aliphatic heterocycles. The summed E-state index contributed by atoms with van der Waals surface area (Å²) in [5.41, 5.74) is 2.11. The summed E-state index contributed by atoms with van der Waals surface area (Å²) in [6.45, 7) is 6.54. The molecule has 0 aliphatic carbocycles. The van der Waals surface area contributed by atoms with Gasteiger partial charge in [-0.1, -0.05) is 0 Å². The molecule has 0 aromatic carbocycles. The number of rotatable bonds is 7. The second kappa shape index (κ2) is 6.13. The van der Waals surface area contributed by atoms with Crippen LogP contribution in [0.4, 0.5) is 0 Å². The molecule has 1 heterocycles. The number of hydrogen-bond acceptors (Lipinski definition) is 4. The Morgan fingerprint density at radius 2 is 2.12 bits per heavy atom. The normalized spacial score (nSPS) is 11.9. The maximum atomic E-state index is 10.8. The zero-order valence-electron chi connectivity index (χ0n) is 10.5. The van der Waals surface area contributed by atoms with Crippen molar-refractivity contribution in [2.24, 2.45) is 0 Å². The van der Waals surface area contributed by atoms with Crippen molar-refractivity contribution in [1.29, 1.82) is 0 Å². The average molecular weight is 260 g/mol. The van der Waals surface area contributed by atoms with Crippen LogP contribution >= 0.6 is 0 Å². The van der Waals surface area contributed by atoms with Crippen LogP contribution in [0.3, 0.4) is 0 Å². The lowest BCUT2D eigenvalue weighted by Crippen LogP contribution is -2.31. The zero-order valence-corrected chi connectivity index (χ0v) is 11.3. The summed E-state index contributed by atoms with van der Waals surface area (Å²) in [6.07, 6.45) is 1.16. The van der Waals surface area contributed by atoms with Gasteiger partial charge >= 0.3 is 0 Å². The highest BCUT2D eigenvalue weighted by Gasteiger charge is 2.03. The fourth-order valence-electron chi connectivity index (χ4n) is 1.56. The van der Waals surface area contributed by atoms with E-state index in [2.05, 4.69) is 15.1 Å². The predicted molar refractivity (Wildman–Crippen MR) is 67.2 cm³/mol. The molecule has 7 heteroatoms. The lowest BCUT2D eigenvalue weighted by molar-refractivity contribution is 0.566. The van der Waals surface area contributed by atoms with E-state index in [1.807, 2.05) is 24.6 Å². The van der Waals surface area contributed by atoms with Crippen LogP contribution in [0.25, 0.3) is 0 Å². The van der Waals surface area contributed by atoms with Crippen LogP contribution in [-0.4, -0.2) is 37.5 Å². The molecule has 17 heavy (non-hydrogen) atoms. The number of nitrogens with one attached hydrogen (secondary N) is 2. The van der Waals surface area contributed by atoms with Crippen LogP contribution in [0.2, 0.25) is 0 Å². The molecule has 1 aromatic rings. The molecule has 0 unspecified atom stereocenters. The molecule has 98 valence electrons. The first-order chi connectivity index (χ1) is 7.92. The Labute approximate surface area is 102 Å². The van der Waals surface area contributed by atoms with E-state index in [9.17, 15) is 8.42 Å². The van der Waals surface area contributed by atoms with Crippen LogP contribution in [0.1, 0.15) is 18.3 Å². The summed E-state index contributed by atoms with van der Waals surface area (Å²) in [7, 11) is -3.09. The summed E-state index contributed by atoms with van der Waals surface area (Å²) >= 11 is 0. The fraction of sp³-hybridized carbons (Fsp3) is 0.700. The second-order valence-electron chi connectivity index (χ2n) is 3.94. The molecule has 6 nitrogen and oxygen atoms in total. The zero-order chi connectivity index (χ0) is 12.9. The minimum atomic E-state index is -3.09. The Balaban J connectivity index is 2.31. The smallest absolute Gasteiger partial charge is 0.208 e. The Morgan fingerprint density at radius 1 is 1.41 bits per heavy atom. The van der Waals surface area contributed by atoms with E-state index in [4.69, 9.17) is 0 Å². The van der Waals surface area contributed by atoms with Crippen LogP contribution < -0.4 is 10.0 Å². The molecular weight excluding hydrogens is 240 g/mol. The van der Waals surface area contributed by atoms with Crippen molar-refractivity contribution in [3.8, 4) is 0 Å². The topological polar surface area (TPSA) is 76.0 Å². The maximum absolute atomic E-state index is 10.8. The monoisotopic (exact) mass is 260 g/mol. The molecule has 0 aliphatic rings. The van der Waals surface area contributed by atoms with Gasteiger partial charge in [-0.15, -0.1) is 0 Å². The summed E-state index contributed by atoms with van der Waals surface area (Å²) in [4.78, 5) is 0. The van der Waals surface area contributed by atoms with Crippen LogP contribution in [0.5, 0.6) is 0 Å². The first-order valence-corrected chi connectivity index (χ1v) is 7.50. The molecular formula is C10H20N4O2S. The van der Waals surface area contributed by atoms with Gasteiger partial charge in [-0.05, 0) is 19.9 Å². The highest BCUT2D eigenvalue weighted by atomic mass is 32.2. The molecule has 1 aromatic heterocycles. The molecule has 0 atom stereocenters. The lowest BCUT2D eigenvalue weighted by atomic mass is 10.3. The van der Waals surface area contributed by atoms with E-state index < -0.39 is 10.0 Å². The summed E-state index contributed by atoms with van der Waals surface area (Å²) in [5.74, 6) is 0. The highest BCUT2D eigenvalue weighted by molar-refractivity contribution is 7.88. The number of aryl methyl sites for hydroxylation is 2. The number of aromatic nitrogens is 2. The fourth-order valence-corrected chi connectivity index (χ4v) is 2.03. The van der Waals surface area contributed by atoms with Crippen molar-refractivity contribution >= 4 is 10.0 Å². The third kappa shape index (κ3) is 5.29. The molecule has 0 saturated heterocycles. The van der Waals surface area contributed by atoms with Crippen molar-refractivity contribution < 1.29 is 8.42 Å². The van der Waals surface area contributed by atoms with E-state index in [-0.39, 0.29) is 0 Å². The average Bonchev–Trinajstić information content (AvgIpc) is 2.57. The second-order valence-corrected chi connectivity index (χ2v) is 5.77. The van der Waals surface area contributed by atoms with Crippen molar-refractivity contribution in [2.75, 3.05) is 19.3 Å². The van der Waals surface area contributed by atoms with Crippen LogP contribution in [0, 0.1) is 6.92 Å². The Morgan fingerprint density at radius 3 is 2.71 bits per heavy atom. The number of sulfonamides is 1. The van der Waals surface area contributed by atoms with Crippen LogP contribution in [0.15, 0.2) is 6.07 Å². The first-order valence-electron chi connectivity index (χ1n) is 5.61. The van der Waals surface area contributed by atoms with Gasteiger partial charge in [0.1, 0.15) is 0 Å². The van der Waals surface area contributed by atoms with E-state index in [0.717, 1.165) is 24.2 Å². The minimum Gasteiger partial charge on any atom is -0.310 e. The van der Waals surface area contributed by atoms with Gasteiger partial charge in [-0.25, -0.2) is 13.1 Å². The largest absolute Gasteiger partial charge is 0.310 e. The van der Waals surface area contributed by atoms with Crippen molar-refractivity contribution in [2.45, 2.75) is 26.9 Å². The Bertz CT molecular complexity index is 453. The molecule has 1 rings (SSSR count). The number of hydrogen-bond donors (Lipinski definition) is 2. The minimum absolute atomic E-state index is 0.401. The van der Waals surface area contributed by atoms with E-state index in [1.54, 1.807) is 0 Å².